The molecular weight excluding hydrogens is 582 g/mol. The Hall–Kier alpha value is -3.56. The number of benzene rings is 3. The lowest BCUT2D eigenvalue weighted by atomic mass is 9.83. The van der Waals surface area contributed by atoms with Crippen molar-refractivity contribution >= 4 is 56.2 Å². The Balaban J connectivity index is 1.32. The minimum absolute atomic E-state index is 0.227. The minimum Gasteiger partial charge on any atom is -0.450 e. The number of hydrogen-bond donors (Lipinski definition) is 0. The van der Waals surface area contributed by atoms with Gasteiger partial charge in [0.25, 0.3) is 11.8 Å². The predicted octanol–water partition coefficient (Wildman–Crippen LogP) is 6.33. The van der Waals surface area contributed by atoms with Crippen molar-refractivity contribution in [3.05, 3.63) is 104 Å². The zero-order valence-corrected chi connectivity index (χ0v) is 22.0. The Kier molecular flexibility index (Phi) is 5.88. The fourth-order valence-electron chi connectivity index (χ4n) is 5.32. The number of aromatic nitrogens is 1. The zero-order chi connectivity index (χ0) is 26.8. The molecule has 1 saturated heterocycles. The first-order valence-corrected chi connectivity index (χ1v) is 13.0. The molecular formula is C28H18BrClF2N2O4. The highest BCUT2D eigenvalue weighted by Gasteiger charge is 2.48. The standard InChI is InChI=1S/C28H18BrClF2N2O4/c29-15-4-7-21-19(12-15)27(37)38-28(21)8-10-33(11-9-28)25(35)20-14-34(23-13-16(30)5-6-17(20)23)26(36)18-2-1-3-22(31)24(18)32/h1-7,12-14H,8-11H2. The molecule has 0 aliphatic carbocycles. The van der Waals surface area contributed by atoms with Crippen LogP contribution >= 0.6 is 27.5 Å². The van der Waals surface area contributed by atoms with Gasteiger partial charge >= 0.3 is 5.97 Å². The monoisotopic (exact) mass is 598 g/mol. The van der Waals surface area contributed by atoms with Gasteiger partial charge < -0.3 is 9.64 Å². The van der Waals surface area contributed by atoms with Crippen LogP contribution in [0, 0.1) is 11.6 Å². The first-order chi connectivity index (χ1) is 18.2. The van der Waals surface area contributed by atoms with Gasteiger partial charge in [0.2, 0.25) is 0 Å². The molecule has 6 nitrogen and oxygen atoms in total. The lowest BCUT2D eigenvalue weighted by Crippen LogP contribution is -2.45. The second-order valence-electron chi connectivity index (χ2n) is 9.35. The molecule has 2 aliphatic rings. The van der Waals surface area contributed by atoms with Crippen LogP contribution < -0.4 is 0 Å². The first-order valence-electron chi connectivity index (χ1n) is 11.8. The molecule has 4 aromatic rings. The molecule has 1 fully saturated rings. The number of carbonyl (C=O) groups excluding carboxylic acids is 3. The van der Waals surface area contributed by atoms with E-state index in [9.17, 15) is 23.2 Å². The van der Waals surface area contributed by atoms with Gasteiger partial charge in [-0.25, -0.2) is 13.6 Å². The van der Waals surface area contributed by atoms with Crippen LogP contribution in [0.1, 0.15) is 49.5 Å². The molecule has 1 aromatic heterocycles. The summed E-state index contributed by atoms with van der Waals surface area (Å²) in [7, 11) is 0. The van der Waals surface area contributed by atoms with Gasteiger partial charge in [-0.3, -0.25) is 14.2 Å². The van der Waals surface area contributed by atoms with Crippen LogP contribution in [0.5, 0.6) is 0 Å². The Morgan fingerprint density at radius 2 is 1.74 bits per heavy atom. The number of piperidine rings is 1. The number of nitrogens with zero attached hydrogens (tertiary/aromatic N) is 2. The Morgan fingerprint density at radius 3 is 2.50 bits per heavy atom. The van der Waals surface area contributed by atoms with Crippen molar-refractivity contribution in [1.29, 1.82) is 0 Å². The highest BCUT2D eigenvalue weighted by atomic mass is 79.9. The van der Waals surface area contributed by atoms with Gasteiger partial charge in [0.15, 0.2) is 11.6 Å². The number of carbonyl (C=O) groups is 3. The highest BCUT2D eigenvalue weighted by Crippen LogP contribution is 2.45. The number of rotatable bonds is 2. The van der Waals surface area contributed by atoms with Gasteiger partial charge in [0, 0.05) is 52.6 Å². The van der Waals surface area contributed by atoms with Gasteiger partial charge in [0.1, 0.15) is 5.60 Å². The molecule has 38 heavy (non-hydrogen) atoms. The molecule has 1 spiro atoms. The number of hydrogen-bond acceptors (Lipinski definition) is 4. The summed E-state index contributed by atoms with van der Waals surface area (Å²) in [6.07, 6.45) is 2.16. The van der Waals surface area contributed by atoms with E-state index in [1.54, 1.807) is 23.1 Å². The number of halogens is 4. The third-order valence-electron chi connectivity index (χ3n) is 7.24. The van der Waals surface area contributed by atoms with E-state index < -0.39 is 28.7 Å². The fraction of sp³-hybridized carbons (Fsp3) is 0.179. The van der Waals surface area contributed by atoms with E-state index in [1.165, 1.54) is 24.4 Å². The molecule has 3 heterocycles. The molecule has 10 heteroatoms. The van der Waals surface area contributed by atoms with Crippen LogP contribution in [0.25, 0.3) is 10.9 Å². The lowest BCUT2D eigenvalue weighted by Gasteiger charge is -2.38. The molecule has 3 aromatic carbocycles. The van der Waals surface area contributed by atoms with Crippen LogP contribution in [-0.2, 0) is 10.3 Å². The number of amides is 1. The summed E-state index contributed by atoms with van der Waals surface area (Å²) in [6, 6.07) is 13.5. The number of ether oxygens (including phenoxy) is 1. The predicted molar refractivity (Wildman–Crippen MR) is 139 cm³/mol. The van der Waals surface area contributed by atoms with Crippen molar-refractivity contribution in [1.82, 2.24) is 9.47 Å². The van der Waals surface area contributed by atoms with Crippen molar-refractivity contribution < 1.29 is 27.9 Å². The lowest BCUT2D eigenvalue weighted by molar-refractivity contribution is -0.0389. The summed E-state index contributed by atoms with van der Waals surface area (Å²) >= 11 is 9.55. The van der Waals surface area contributed by atoms with Gasteiger partial charge in [-0.15, -0.1) is 0 Å². The van der Waals surface area contributed by atoms with Crippen molar-refractivity contribution in [2.45, 2.75) is 18.4 Å². The molecule has 0 N–H and O–H groups in total. The highest BCUT2D eigenvalue weighted by molar-refractivity contribution is 9.10. The molecule has 192 valence electrons. The van der Waals surface area contributed by atoms with Crippen LogP contribution in [-0.4, -0.2) is 40.3 Å². The zero-order valence-electron chi connectivity index (χ0n) is 19.6. The molecule has 6 rings (SSSR count). The van der Waals surface area contributed by atoms with Crippen LogP contribution in [0.2, 0.25) is 5.02 Å². The van der Waals surface area contributed by atoms with E-state index in [0.717, 1.165) is 20.7 Å². The summed E-state index contributed by atoms with van der Waals surface area (Å²) in [5.41, 5.74) is 0.594. The minimum atomic E-state index is -1.27. The molecule has 0 atom stereocenters. The van der Waals surface area contributed by atoms with Crippen LogP contribution in [0.3, 0.4) is 0 Å². The summed E-state index contributed by atoms with van der Waals surface area (Å²) in [5, 5.41) is 0.768. The summed E-state index contributed by atoms with van der Waals surface area (Å²) < 4.78 is 36.0. The van der Waals surface area contributed by atoms with Gasteiger partial charge in [0.05, 0.1) is 22.2 Å². The molecule has 2 aliphatic heterocycles. The second-order valence-corrected chi connectivity index (χ2v) is 10.7. The maximum Gasteiger partial charge on any atom is 0.339 e. The van der Waals surface area contributed by atoms with Crippen molar-refractivity contribution in [2.24, 2.45) is 0 Å². The van der Waals surface area contributed by atoms with Crippen LogP contribution in [0.15, 0.2) is 65.3 Å². The molecule has 0 radical (unpaired) electrons. The van der Waals surface area contributed by atoms with E-state index in [2.05, 4.69) is 15.9 Å². The van der Waals surface area contributed by atoms with Crippen molar-refractivity contribution in [3.63, 3.8) is 0 Å². The summed E-state index contributed by atoms with van der Waals surface area (Å²) in [4.78, 5) is 41.1. The van der Waals surface area contributed by atoms with Gasteiger partial charge in [-0.2, -0.15) is 0 Å². The number of fused-ring (bicyclic) bond motifs is 3. The average molecular weight is 600 g/mol. The maximum absolute atomic E-state index is 14.4. The van der Waals surface area contributed by atoms with E-state index in [1.807, 2.05) is 12.1 Å². The molecule has 0 unspecified atom stereocenters. The molecule has 0 bridgehead atoms. The van der Waals surface area contributed by atoms with E-state index >= 15 is 0 Å². The average Bonchev–Trinajstić information content (AvgIpc) is 3.40. The Bertz CT molecular complexity index is 1680. The van der Waals surface area contributed by atoms with Crippen molar-refractivity contribution in [2.75, 3.05) is 13.1 Å². The molecule has 0 saturated carbocycles. The fourth-order valence-corrected chi connectivity index (χ4v) is 5.85. The quantitative estimate of drug-likeness (QED) is 0.253. The second kappa shape index (κ2) is 9.03. The Morgan fingerprint density at radius 1 is 0.974 bits per heavy atom. The largest absolute Gasteiger partial charge is 0.450 e. The van der Waals surface area contributed by atoms with E-state index in [4.69, 9.17) is 16.3 Å². The topological polar surface area (TPSA) is 68.6 Å². The number of likely N-dealkylation sites (tertiary alicyclic amines) is 1. The normalized spacial score (nSPS) is 16.1. The third-order valence-corrected chi connectivity index (χ3v) is 7.97. The van der Waals surface area contributed by atoms with Gasteiger partial charge in [-0.1, -0.05) is 45.7 Å². The SMILES string of the molecule is O=C1OC2(CCN(C(=O)c3cn(C(=O)c4cccc(F)c4F)c4cc(Cl)ccc34)CC2)c2ccc(Br)cc21. The van der Waals surface area contributed by atoms with Crippen molar-refractivity contribution in [3.8, 4) is 0 Å². The van der Waals surface area contributed by atoms with Crippen LogP contribution in [0.4, 0.5) is 8.78 Å². The molecule has 1 amide bonds. The van der Waals surface area contributed by atoms with Gasteiger partial charge in [-0.05, 0) is 36.4 Å². The Labute approximate surface area is 228 Å². The smallest absolute Gasteiger partial charge is 0.339 e. The summed E-state index contributed by atoms with van der Waals surface area (Å²) in [5.74, 6) is -3.96. The maximum atomic E-state index is 14.4. The summed E-state index contributed by atoms with van der Waals surface area (Å²) in [6.45, 7) is 0.628. The number of esters is 1. The van der Waals surface area contributed by atoms with E-state index in [-0.39, 0.29) is 17.4 Å². The third kappa shape index (κ3) is 3.84. The first kappa shape index (κ1) is 24.8. The van der Waals surface area contributed by atoms with E-state index in [0.29, 0.717) is 47.4 Å².